The molecule has 0 saturated carbocycles. The lowest BCUT2D eigenvalue weighted by Crippen LogP contribution is -2.34. The van der Waals surface area contributed by atoms with Gasteiger partial charge < -0.3 is 14.2 Å². The van der Waals surface area contributed by atoms with E-state index in [2.05, 4.69) is 11.9 Å². The molecule has 0 radical (unpaired) electrons. The molecule has 2 heterocycles. The molecule has 9 heteroatoms. The van der Waals surface area contributed by atoms with E-state index in [9.17, 15) is 19.7 Å². The summed E-state index contributed by atoms with van der Waals surface area (Å²) < 4.78 is 6.51. The minimum absolute atomic E-state index is 0.0942. The quantitative estimate of drug-likeness (QED) is 0.589. The summed E-state index contributed by atoms with van der Waals surface area (Å²) in [5, 5.41) is 10.8. The van der Waals surface area contributed by atoms with Crippen LogP contribution in [0.15, 0.2) is 27.4 Å². The molecule has 0 aliphatic carbocycles. The second kappa shape index (κ2) is 7.69. The van der Waals surface area contributed by atoms with Gasteiger partial charge in [-0.05, 0) is 32.5 Å². The highest BCUT2D eigenvalue weighted by atomic mass is 16.6. The Bertz CT molecular complexity index is 872. The fraction of sp³-hybridized carbons (Fsp3) is 0.529. The van der Waals surface area contributed by atoms with Crippen molar-refractivity contribution >= 4 is 22.7 Å². The maximum atomic E-state index is 12.4. The minimum Gasteiger partial charge on any atom is -0.407 e. The maximum Gasteiger partial charge on any atom is 0.419 e. The SMILES string of the molecule is CN1CCCN(C(=O)CCCn2c(=O)oc3cc([N+](=O)[O-])ccc32)CC1. The number of likely N-dealkylation sites (N-methyl/N-ethyl adjacent to an activating group) is 1. The fourth-order valence-corrected chi connectivity index (χ4v) is 3.22. The Morgan fingerprint density at radius 2 is 2.08 bits per heavy atom. The van der Waals surface area contributed by atoms with Crippen LogP contribution in [0.2, 0.25) is 0 Å². The van der Waals surface area contributed by atoms with E-state index >= 15 is 0 Å². The van der Waals surface area contributed by atoms with Gasteiger partial charge in [-0.1, -0.05) is 0 Å². The molecule has 0 spiro atoms. The topological polar surface area (TPSA) is 102 Å². The molecule has 2 aromatic rings. The molecule has 1 saturated heterocycles. The molecule has 1 fully saturated rings. The third kappa shape index (κ3) is 3.93. The molecule has 1 aliphatic rings. The third-order valence-corrected chi connectivity index (χ3v) is 4.71. The minimum atomic E-state index is -0.565. The molecule has 1 aromatic carbocycles. The molecule has 9 nitrogen and oxygen atoms in total. The normalized spacial score (nSPS) is 16.0. The van der Waals surface area contributed by atoms with Crippen LogP contribution in [-0.4, -0.2) is 58.4 Å². The van der Waals surface area contributed by atoms with E-state index in [-0.39, 0.29) is 17.2 Å². The number of non-ortho nitro benzene ring substituents is 1. The number of amides is 1. The zero-order chi connectivity index (χ0) is 18.7. The number of carbonyl (C=O) groups is 1. The van der Waals surface area contributed by atoms with Gasteiger partial charge in [0.25, 0.3) is 5.69 Å². The number of fused-ring (bicyclic) bond motifs is 1. The lowest BCUT2D eigenvalue weighted by Gasteiger charge is -2.20. The van der Waals surface area contributed by atoms with Gasteiger partial charge in [0.2, 0.25) is 5.91 Å². The molecule has 1 aliphatic heterocycles. The van der Waals surface area contributed by atoms with Crippen LogP contribution in [0.5, 0.6) is 0 Å². The van der Waals surface area contributed by atoms with E-state index in [1.165, 1.54) is 22.8 Å². The predicted octanol–water partition coefficient (Wildman–Crippen LogP) is 1.45. The lowest BCUT2D eigenvalue weighted by atomic mass is 10.2. The summed E-state index contributed by atoms with van der Waals surface area (Å²) in [6.45, 7) is 3.70. The first-order chi connectivity index (χ1) is 12.5. The number of carbonyl (C=O) groups excluding carboxylic acids is 1. The summed E-state index contributed by atoms with van der Waals surface area (Å²) >= 11 is 0. The molecule has 0 atom stereocenters. The number of aryl methyl sites for hydroxylation is 1. The molecular weight excluding hydrogens is 340 g/mol. The smallest absolute Gasteiger partial charge is 0.407 e. The van der Waals surface area contributed by atoms with Gasteiger partial charge in [0.05, 0.1) is 16.5 Å². The number of nitro benzene ring substituents is 1. The summed E-state index contributed by atoms with van der Waals surface area (Å²) in [6.07, 6.45) is 1.83. The summed E-state index contributed by atoms with van der Waals surface area (Å²) in [5.74, 6) is -0.471. The highest BCUT2D eigenvalue weighted by Gasteiger charge is 2.18. The average Bonchev–Trinajstić information content (AvgIpc) is 2.76. The van der Waals surface area contributed by atoms with Crippen LogP contribution >= 0.6 is 0 Å². The van der Waals surface area contributed by atoms with Crippen LogP contribution in [0.1, 0.15) is 19.3 Å². The van der Waals surface area contributed by atoms with Crippen molar-refractivity contribution < 1.29 is 14.1 Å². The van der Waals surface area contributed by atoms with Gasteiger partial charge >= 0.3 is 5.76 Å². The Labute approximate surface area is 149 Å². The Morgan fingerprint density at radius 1 is 1.27 bits per heavy atom. The van der Waals surface area contributed by atoms with Crippen LogP contribution < -0.4 is 5.76 Å². The highest BCUT2D eigenvalue weighted by Crippen LogP contribution is 2.20. The standard InChI is InChI=1S/C17H22N4O5/c1-18-7-3-8-19(11-10-18)16(22)4-2-9-20-14-6-5-13(21(24)25)12-15(14)26-17(20)23/h5-6,12H,2-4,7-11H2,1H3. The van der Waals surface area contributed by atoms with Crippen LogP contribution in [0.3, 0.4) is 0 Å². The average molecular weight is 362 g/mol. The maximum absolute atomic E-state index is 12.4. The van der Waals surface area contributed by atoms with E-state index in [1.54, 1.807) is 0 Å². The largest absolute Gasteiger partial charge is 0.419 e. The van der Waals surface area contributed by atoms with Gasteiger partial charge in [0, 0.05) is 38.7 Å². The van der Waals surface area contributed by atoms with Crippen molar-refractivity contribution in [3.05, 3.63) is 38.9 Å². The fourth-order valence-electron chi connectivity index (χ4n) is 3.22. The molecule has 140 valence electrons. The zero-order valence-corrected chi connectivity index (χ0v) is 14.7. The molecule has 3 rings (SSSR count). The van der Waals surface area contributed by atoms with Crippen LogP contribution in [0.4, 0.5) is 5.69 Å². The number of oxazole rings is 1. The van der Waals surface area contributed by atoms with Crippen molar-refractivity contribution in [1.82, 2.24) is 14.4 Å². The van der Waals surface area contributed by atoms with Crippen molar-refractivity contribution in [2.24, 2.45) is 0 Å². The van der Waals surface area contributed by atoms with Gasteiger partial charge in [-0.2, -0.15) is 0 Å². The van der Waals surface area contributed by atoms with Gasteiger partial charge in [0.1, 0.15) is 0 Å². The Morgan fingerprint density at radius 3 is 2.85 bits per heavy atom. The van der Waals surface area contributed by atoms with Gasteiger partial charge in [-0.3, -0.25) is 19.5 Å². The van der Waals surface area contributed by atoms with Crippen molar-refractivity contribution in [3.8, 4) is 0 Å². The van der Waals surface area contributed by atoms with Crippen LogP contribution in [0.25, 0.3) is 11.1 Å². The molecule has 1 aromatic heterocycles. The second-order valence-corrected chi connectivity index (χ2v) is 6.57. The first-order valence-corrected chi connectivity index (χ1v) is 8.70. The number of nitrogens with zero attached hydrogens (tertiary/aromatic N) is 4. The van der Waals surface area contributed by atoms with Crippen molar-refractivity contribution in [2.75, 3.05) is 33.2 Å². The van der Waals surface area contributed by atoms with Crippen LogP contribution in [-0.2, 0) is 11.3 Å². The Hall–Kier alpha value is -2.68. The number of aromatic nitrogens is 1. The van der Waals surface area contributed by atoms with E-state index in [1.807, 2.05) is 4.90 Å². The van der Waals surface area contributed by atoms with E-state index in [0.29, 0.717) is 24.9 Å². The number of benzene rings is 1. The second-order valence-electron chi connectivity index (χ2n) is 6.57. The predicted molar refractivity (Wildman–Crippen MR) is 95.1 cm³/mol. The first kappa shape index (κ1) is 18.1. The van der Waals surface area contributed by atoms with Gasteiger partial charge in [-0.15, -0.1) is 0 Å². The molecule has 1 amide bonds. The van der Waals surface area contributed by atoms with Gasteiger partial charge in [-0.25, -0.2) is 4.79 Å². The van der Waals surface area contributed by atoms with Gasteiger partial charge in [0.15, 0.2) is 5.58 Å². The molecule has 0 bridgehead atoms. The van der Waals surface area contributed by atoms with Crippen molar-refractivity contribution in [2.45, 2.75) is 25.8 Å². The molecule has 26 heavy (non-hydrogen) atoms. The van der Waals surface area contributed by atoms with Crippen molar-refractivity contribution in [1.29, 1.82) is 0 Å². The number of hydrogen-bond acceptors (Lipinski definition) is 6. The van der Waals surface area contributed by atoms with Crippen molar-refractivity contribution in [3.63, 3.8) is 0 Å². The summed E-state index contributed by atoms with van der Waals surface area (Å²) in [4.78, 5) is 38.7. The molecule has 0 unspecified atom stereocenters. The summed E-state index contributed by atoms with van der Waals surface area (Å²) in [5.41, 5.74) is 0.565. The highest BCUT2D eigenvalue weighted by molar-refractivity contribution is 5.77. The first-order valence-electron chi connectivity index (χ1n) is 8.70. The number of nitro groups is 1. The molecular formula is C17H22N4O5. The number of rotatable bonds is 5. The summed E-state index contributed by atoms with van der Waals surface area (Å²) in [7, 11) is 2.05. The van der Waals surface area contributed by atoms with Crippen LogP contribution in [0, 0.1) is 10.1 Å². The molecule has 0 N–H and O–H groups in total. The monoisotopic (exact) mass is 362 g/mol. The Balaban J connectivity index is 1.63. The summed E-state index contributed by atoms with van der Waals surface area (Å²) in [6, 6.07) is 4.09. The lowest BCUT2D eigenvalue weighted by molar-refractivity contribution is -0.384. The van der Waals surface area contributed by atoms with E-state index in [4.69, 9.17) is 4.42 Å². The van der Waals surface area contributed by atoms with E-state index < -0.39 is 10.7 Å². The number of hydrogen-bond donors (Lipinski definition) is 0. The van der Waals surface area contributed by atoms with E-state index in [0.717, 1.165) is 32.6 Å². The third-order valence-electron chi connectivity index (χ3n) is 4.71. The Kier molecular flexibility index (Phi) is 5.36. The zero-order valence-electron chi connectivity index (χ0n) is 14.7.